The third-order valence-electron chi connectivity index (χ3n) is 4.23. The van der Waals surface area contributed by atoms with Gasteiger partial charge in [-0.15, -0.1) is 0 Å². The minimum atomic E-state index is -1.08. The van der Waals surface area contributed by atoms with E-state index >= 15 is 0 Å². The Morgan fingerprint density at radius 1 is 1.32 bits per heavy atom. The van der Waals surface area contributed by atoms with Crippen molar-refractivity contribution in [3.8, 4) is 0 Å². The van der Waals surface area contributed by atoms with E-state index in [-0.39, 0.29) is 23.5 Å². The number of thioether (sulfide) groups is 2. The maximum absolute atomic E-state index is 12.9. The molecule has 9 heteroatoms. The van der Waals surface area contributed by atoms with Gasteiger partial charge in [-0.05, 0) is 12.0 Å². The molecule has 0 bridgehead atoms. The predicted molar refractivity (Wildman–Crippen MR) is 110 cm³/mol. The third kappa shape index (κ3) is 7.20. The highest BCUT2D eigenvalue weighted by Gasteiger charge is 2.31. The van der Waals surface area contributed by atoms with Crippen molar-refractivity contribution in [3.05, 3.63) is 35.9 Å². The van der Waals surface area contributed by atoms with Crippen molar-refractivity contribution >= 4 is 46.4 Å². The summed E-state index contributed by atoms with van der Waals surface area (Å²) in [4.78, 5) is 49.1. The second-order valence-corrected chi connectivity index (χ2v) is 8.83. The summed E-state index contributed by atoms with van der Waals surface area (Å²) in [6, 6.07) is 8.73. The van der Waals surface area contributed by atoms with Gasteiger partial charge in [0, 0.05) is 30.7 Å². The molecule has 1 fully saturated rings. The molecule has 2 amide bonds. The van der Waals surface area contributed by atoms with Gasteiger partial charge < -0.3 is 15.3 Å². The van der Waals surface area contributed by atoms with E-state index in [4.69, 9.17) is 5.11 Å². The molecule has 152 valence electrons. The van der Waals surface area contributed by atoms with Gasteiger partial charge in [-0.2, -0.15) is 11.8 Å². The quantitative estimate of drug-likeness (QED) is 0.648. The molecule has 7 nitrogen and oxygen atoms in total. The van der Waals surface area contributed by atoms with Gasteiger partial charge in [0.05, 0.1) is 5.92 Å². The van der Waals surface area contributed by atoms with Crippen LogP contribution in [0.3, 0.4) is 0 Å². The van der Waals surface area contributed by atoms with Crippen LogP contribution < -0.4 is 5.32 Å². The highest BCUT2D eigenvalue weighted by molar-refractivity contribution is 8.13. The van der Waals surface area contributed by atoms with Crippen LogP contribution >= 0.6 is 23.5 Å². The van der Waals surface area contributed by atoms with Crippen LogP contribution in [0.4, 0.5) is 0 Å². The number of carbonyl (C=O) groups is 4. The lowest BCUT2D eigenvalue weighted by Gasteiger charge is -2.24. The largest absolute Gasteiger partial charge is 0.480 e. The monoisotopic (exact) mass is 424 g/mol. The third-order valence-corrected chi connectivity index (χ3v) is 6.24. The highest BCUT2D eigenvalue weighted by atomic mass is 32.2. The van der Waals surface area contributed by atoms with Crippen molar-refractivity contribution in [2.45, 2.75) is 19.4 Å². The number of nitrogens with one attached hydrogen (secondary N) is 1. The second kappa shape index (κ2) is 11.1. The Morgan fingerprint density at radius 3 is 2.68 bits per heavy atom. The van der Waals surface area contributed by atoms with Gasteiger partial charge >= 0.3 is 5.97 Å². The van der Waals surface area contributed by atoms with Crippen LogP contribution in [-0.4, -0.2) is 69.3 Å². The van der Waals surface area contributed by atoms with Crippen LogP contribution in [0, 0.1) is 5.92 Å². The minimum Gasteiger partial charge on any atom is -0.480 e. The molecule has 2 atom stereocenters. The number of aliphatic carboxylic acids is 1. The topological polar surface area (TPSA) is 104 Å². The van der Waals surface area contributed by atoms with Crippen molar-refractivity contribution in [3.63, 3.8) is 0 Å². The number of carbonyl (C=O) groups excluding carboxylic acids is 3. The lowest BCUT2D eigenvalue weighted by Crippen LogP contribution is -2.51. The standard InChI is InChI=1S/C19H24N2O5S2/c1-13(22)28-11-15(9-14-5-3-2-4-6-14)18(25)20-16-12-27-8-7-21(19(16)26)10-17(23)24/h2-6,15-16H,7-12H2,1H3,(H,20,25)(H,23,24). The van der Waals surface area contributed by atoms with Crippen LogP contribution in [-0.2, 0) is 25.6 Å². The lowest BCUT2D eigenvalue weighted by atomic mass is 10.00. The first kappa shape index (κ1) is 22.3. The van der Waals surface area contributed by atoms with Crippen LogP contribution in [0.2, 0.25) is 0 Å². The summed E-state index contributed by atoms with van der Waals surface area (Å²) in [5.74, 6) is -0.872. The molecule has 2 unspecified atom stereocenters. The molecular weight excluding hydrogens is 400 g/mol. The molecule has 1 heterocycles. The molecule has 1 saturated heterocycles. The van der Waals surface area contributed by atoms with Crippen LogP contribution in [0.5, 0.6) is 0 Å². The summed E-state index contributed by atoms with van der Waals surface area (Å²) in [6.07, 6.45) is 0.458. The normalized spacial score (nSPS) is 18.2. The average molecular weight is 425 g/mol. The van der Waals surface area contributed by atoms with E-state index in [1.54, 1.807) is 0 Å². The van der Waals surface area contributed by atoms with E-state index in [1.807, 2.05) is 30.3 Å². The number of rotatable bonds is 8. The number of benzene rings is 1. The van der Waals surface area contributed by atoms with E-state index in [2.05, 4.69) is 5.32 Å². The van der Waals surface area contributed by atoms with E-state index < -0.39 is 17.9 Å². The Bertz CT molecular complexity index is 714. The molecule has 0 saturated carbocycles. The van der Waals surface area contributed by atoms with Gasteiger partial charge in [-0.1, -0.05) is 42.1 Å². The number of hydrogen-bond acceptors (Lipinski definition) is 6. The summed E-state index contributed by atoms with van der Waals surface area (Å²) >= 11 is 2.59. The SMILES string of the molecule is CC(=O)SCC(Cc1ccccc1)C(=O)NC1CSCCN(CC(=O)O)C1=O. The van der Waals surface area contributed by atoms with E-state index in [0.717, 1.165) is 17.3 Å². The summed E-state index contributed by atoms with van der Waals surface area (Å²) < 4.78 is 0. The number of carboxylic acid groups (broad SMARTS) is 1. The molecule has 1 aliphatic heterocycles. The van der Waals surface area contributed by atoms with Gasteiger partial charge in [0.15, 0.2) is 5.12 Å². The van der Waals surface area contributed by atoms with E-state index in [0.29, 0.717) is 30.2 Å². The molecular formula is C19H24N2O5S2. The average Bonchev–Trinajstić information content (AvgIpc) is 2.81. The molecule has 0 radical (unpaired) electrons. The highest BCUT2D eigenvalue weighted by Crippen LogP contribution is 2.18. The minimum absolute atomic E-state index is 0.0698. The van der Waals surface area contributed by atoms with Crippen molar-refractivity contribution < 1.29 is 24.3 Å². The fourth-order valence-electron chi connectivity index (χ4n) is 2.83. The molecule has 28 heavy (non-hydrogen) atoms. The number of carboxylic acids is 1. The fraction of sp³-hybridized carbons (Fsp3) is 0.474. The zero-order chi connectivity index (χ0) is 20.5. The summed E-state index contributed by atoms with van der Waals surface area (Å²) in [5.41, 5.74) is 0.973. The van der Waals surface area contributed by atoms with Crippen molar-refractivity contribution in [2.24, 2.45) is 5.92 Å². The molecule has 1 aromatic carbocycles. The van der Waals surface area contributed by atoms with Gasteiger partial charge in [-0.25, -0.2) is 0 Å². The summed E-state index contributed by atoms with van der Waals surface area (Å²) in [7, 11) is 0. The van der Waals surface area contributed by atoms with Crippen molar-refractivity contribution in [1.82, 2.24) is 10.2 Å². The fourth-order valence-corrected chi connectivity index (χ4v) is 4.52. The molecule has 2 N–H and O–H groups in total. The number of nitrogens with zero attached hydrogens (tertiary/aromatic N) is 1. The van der Waals surface area contributed by atoms with Crippen LogP contribution in [0.15, 0.2) is 30.3 Å². The molecule has 1 aliphatic rings. The van der Waals surface area contributed by atoms with Gasteiger partial charge in [0.25, 0.3) is 0 Å². The molecule has 2 rings (SSSR count). The summed E-state index contributed by atoms with van der Waals surface area (Å²) in [5, 5.41) is 11.7. The maximum atomic E-state index is 12.9. The first-order valence-corrected chi connectivity index (χ1v) is 11.1. The Kier molecular flexibility index (Phi) is 8.85. The van der Waals surface area contributed by atoms with Crippen LogP contribution in [0.1, 0.15) is 12.5 Å². The maximum Gasteiger partial charge on any atom is 0.323 e. The zero-order valence-corrected chi connectivity index (χ0v) is 17.3. The zero-order valence-electron chi connectivity index (χ0n) is 15.6. The Morgan fingerprint density at radius 2 is 2.04 bits per heavy atom. The van der Waals surface area contributed by atoms with Gasteiger partial charge in [0.1, 0.15) is 12.6 Å². The molecule has 1 aromatic rings. The molecule has 0 aliphatic carbocycles. The first-order chi connectivity index (χ1) is 13.4. The Hall–Kier alpha value is -2.00. The summed E-state index contributed by atoms with van der Waals surface area (Å²) in [6.45, 7) is 1.42. The van der Waals surface area contributed by atoms with Crippen molar-refractivity contribution in [1.29, 1.82) is 0 Å². The molecule has 0 spiro atoms. The smallest absolute Gasteiger partial charge is 0.323 e. The number of hydrogen-bond donors (Lipinski definition) is 2. The van der Waals surface area contributed by atoms with E-state index in [9.17, 15) is 19.2 Å². The lowest BCUT2D eigenvalue weighted by molar-refractivity contribution is -0.145. The predicted octanol–water partition coefficient (Wildman–Crippen LogP) is 1.27. The Labute approximate surface area is 172 Å². The molecule has 0 aromatic heterocycles. The van der Waals surface area contributed by atoms with Gasteiger partial charge in [0.2, 0.25) is 11.8 Å². The first-order valence-electron chi connectivity index (χ1n) is 8.92. The van der Waals surface area contributed by atoms with Crippen molar-refractivity contribution in [2.75, 3.05) is 30.3 Å². The van der Waals surface area contributed by atoms with Gasteiger partial charge in [-0.3, -0.25) is 19.2 Å². The number of amides is 2. The van der Waals surface area contributed by atoms with Crippen LogP contribution in [0.25, 0.3) is 0 Å². The second-order valence-electron chi connectivity index (χ2n) is 6.48. The Balaban J connectivity index is 2.08. The van der Waals surface area contributed by atoms with E-state index in [1.165, 1.54) is 23.6 Å².